The molecule has 2 atom stereocenters. The van der Waals surface area contributed by atoms with Crippen LogP contribution in [0.15, 0.2) is 158 Å². The van der Waals surface area contributed by atoms with E-state index < -0.39 is 26.5 Å². The molecule has 0 aliphatic carbocycles. The van der Waals surface area contributed by atoms with Crippen molar-refractivity contribution < 1.29 is 42.1 Å². The second kappa shape index (κ2) is 69.0. The Bertz CT molecular complexity index is 2080. The van der Waals surface area contributed by atoms with E-state index >= 15 is 0 Å². The lowest BCUT2D eigenvalue weighted by Crippen LogP contribution is -2.37. The minimum Gasteiger partial charge on any atom is -0.756 e. The molecule has 0 aromatic heterocycles. The Morgan fingerprint density at radius 2 is 0.600 bits per heavy atom. The molecule has 0 aromatic carbocycles. The van der Waals surface area contributed by atoms with Crippen LogP contribution < -0.4 is 4.89 Å². The van der Waals surface area contributed by atoms with E-state index in [1.165, 1.54) is 122 Å². The Balaban J connectivity index is 4.08. The summed E-state index contributed by atoms with van der Waals surface area (Å²) in [5.74, 6) is -0.840. The standard InChI is InChI=1S/C80H134NO8P/c1-6-8-10-12-14-16-18-20-22-24-26-28-30-32-34-35-36-37-38-39-40-41-42-43-44-45-47-49-51-53-55-57-59-61-63-65-67-69-71-73-80(83)89-78(77-88-90(84,85)87-75-74-81(3,4)5)76-86-79(82)72-70-68-66-64-62-60-58-56-54-52-50-48-46-33-31-29-27-25-23-21-19-17-15-13-11-9-7-2/h8-11,14-17,20-23,26-29,32,34,36-37,39-40,42-43,45,47,78H,6-7,12-13,18-19,24-25,30-31,33,35,38,41,44,46,48-77H2,1-5H3/b10-8-,11-9-,16-14-,17-15-,22-20-,23-21-,28-26-,29-27-,34-32-,37-36-,40-39-,43-42-,47-45-. The molecule has 0 aromatic rings. The van der Waals surface area contributed by atoms with Crippen LogP contribution in [0.2, 0.25) is 0 Å². The molecule has 0 radical (unpaired) electrons. The summed E-state index contributed by atoms with van der Waals surface area (Å²) in [6.45, 7) is 4.02. The number of quaternary nitrogens is 1. The number of allylic oxidation sites excluding steroid dienone is 26. The highest BCUT2D eigenvalue weighted by atomic mass is 31.2. The van der Waals surface area contributed by atoms with Gasteiger partial charge in [0.2, 0.25) is 0 Å². The van der Waals surface area contributed by atoms with Gasteiger partial charge in [0.1, 0.15) is 19.8 Å². The molecule has 2 unspecified atom stereocenters. The maximum Gasteiger partial charge on any atom is 0.306 e. The van der Waals surface area contributed by atoms with Gasteiger partial charge in [0, 0.05) is 12.8 Å². The van der Waals surface area contributed by atoms with Gasteiger partial charge in [-0.15, -0.1) is 0 Å². The Morgan fingerprint density at radius 3 is 0.889 bits per heavy atom. The molecule has 10 heteroatoms. The van der Waals surface area contributed by atoms with Gasteiger partial charge >= 0.3 is 11.9 Å². The zero-order chi connectivity index (χ0) is 65.5. The number of likely N-dealkylation sites (N-methyl/N-ethyl adjacent to an activating group) is 1. The number of unbranched alkanes of at least 4 members (excludes halogenated alkanes) is 25. The van der Waals surface area contributed by atoms with Crippen LogP contribution >= 0.6 is 7.82 Å². The quantitative estimate of drug-likeness (QED) is 0.0195. The summed E-state index contributed by atoms with van der Waals surface area (Å²) >= 11 is 0. The van der Waals surface area contributed by atoms with Crippen LogP contribution in [0.25, 0.3) is 0 Å². The summed E-state index contributed by atoms with van der Waals surface area (Å²) in [5.41, 5.74) is 0. The fourth-order valence-corrected chi connectivity index (χ4v) is 10.3. The fraction of sp³-hybridized carbons (Fsp3) is 0.650. The van der Waals surface area contributed by atoms with E-state index in [0.717, 1.165) is 128 Å². The van der Waals surface area contributed by atoms with Crippen molar-refractivity contribution in [1.29, 1.82) is 0 Å². The molecule has 90 heavy (non-hydrogen) atoms. The van der Waals surface area contributed by atoms with E-state index in [2.05, 4.69) is 172 Å². The van der Waals surface area contributed by atoms with Crippen LogP contribution in [0.5, 0.6) is 0 Å². The van der Waals surface area contributed by atoms with Crippen LogP contribution in [0, 0.1) is 0 Å². The summed E-state index contributed by atoms with van der Waals surface area (Å²) in [6.07, 6.45) is 103. The number of hydrogen-bond donors (Lipinski definition) is 0. The Kier molecular flexibility index (Phi) is 65.6. The van der Waals surface area contributed by atoms with Crippen molar-refractivity contribution in [3.63, 3.8) is 0 Å². The van der Waals surface area contributed by atoms with E-state index in [0.29, 0.717) is 17.4 Å². The lowest BCUT2D eigenvalue weighted by molar-refractivity contribution is -0.870. The summed E-state index contributed by atoms with van der Waals surface area (Å²) in [5, 5.41) is 0. The molecule has 0 amide bonds. The number of esters is 2. The summed E-state index contributed by atoms with van der Waals surface area (Å²) < 4.78 is 34.3. The minimum absolute atomic E-state index is 0.0379. The predicted octanol–water partition coefficient (Wildman–Crippen LogP) is 23.3. The fourth-order valence-electron chi connectivity index (χ4n) is 9.58. The van der Waals surface area contributed by atoms with Crippen LogP contribution in [0.3, 0.4) is 0 Å². The number of carbonyl (C=O) groups is 2. The van der Waals surface area contributed by atoms with Gasteiger partial charge in [0.05, 0.1) is 27.7 Å². The van der Waals surface area contributed by atoms with Gasteiger partial charge in [0.25, 0.3) is 7.82 Å². The average Bonchev–Trinajstić information content (AvgIpc) is 3.58. The van der Waals surface area contributed by atoms with Crippen molar-refractivity contribution in [2.45, 2.75) is 290 Å². The number of ether oxygens (including phenoxy) is 2. The van der Waals surface area contributed by atoms with Crippen molar-refractivity contribution in [2.24, 2.45) is 0 Å². The number of phosphoric acid groups is 1. The van der Waals surface area contributed by atoms with Crippen molar-refractivity contribution >= 4 is 19.8 Å². The number of carbonyl (C=O) groups excluding carboxylic acids is 2. The molecule has 512 valence electrons. The van der Waals surface area contributed by atoms with Gasteiger partial charge in [-0.3, -0.25) is 14.2 Å². The number of rotatable bonds is 65. The maximum absolute atomic E-state index is 12.9. The van der Waals surface area contributed by atoms with E-state index in [1.807, 2.05) is 21.1 Å². The largest absolute Gasteiger partial charge is 0.756 e. The number of hydrogen-bond acceptors (Lipinski definition) is 8. The molecule has 9 nitrogen and oxygen atoms in total. The minimum atomic E-state index is -4.65. The molecular weight excluding hydrogens is 1130 g/mol. The molecule has 0 heterocycles. The highest BCUT2D eigenvalue weighted by molar-refractivity contribution is 7.45. The molecule has 0 rings (SSSR count). The molecule has 0 saturated carbocycles. The zero-order valence-electron chi connectivity index (χ0n) is 58.3. The van der Waals surface area contributed by atoms with Crippen LogP contribution in [-0.4, -0.2) is 70.0 Å². The first-order valence-electron chi connectivity index (χ1n) is 36.2. The Hall–Kier alpha value is -4.37. The lowest BCUT2D eigenvalue weighted by Gasteiger charge is -2.28. The lowest BCUT2D eigenvalue weighted by atomic mass is 10.0. The first-order chi connectivity index (χ1) is 44.0. The van der Waals surface area contributed by atoms with Crippen molar-refractivity contribution in [3.8, 4) is 0 Å². The molecule has 0 aliphatic heterocycles. The smallest absolute Gasteiger partial charge is 0.306 e. The van der Waals surface area contributed by atoms with Gasteiger partial charge in [-0.2, -0.15) is 0 Å². The molecular formula is C80H134NO8P. The third-order valence-electron chi connectivity index (χ3n) is 15.0. The molecule has 0 aliphatic rings. The molecule has 0 N–H and O–H groups in total. The third kappa shape index (κ3) is 72.7. The first kappa shape index (κ1) is 85.6. The van der Waals surface area contributed by atoms with Crippen molar-refractivity contribution in [2.75, 3.05) is 47.5 Å². The van der Waals surface area contributed by atoms with Crippen LogP contribution in [0.1, 0.15) is 284 Å². The van der Waals surface area contributed by atoms with Gasteiger partial charge in [-0.25, -0.2) is 0 Å². The summed E-state index contributed by atoms with van der Waals surface area (Å²) in [6, 6.07) is 0. The van der Waals surface area contributed by atoms with Crippen molar-refractivity contribution in [1.82, 2.24) is 0 Å². The van der Waals surface area contributed by atoms with Gasteiger partial charge < -0.3 is 27.9 Å². The van der Waals surface area contributed by atoms with E-state index in [1.54, 1.807) is 0 Å². The summed E-state index contributed by atoms with van der Waals surface area (Å²) in [4.78, 5) is 38.1. The third-order valence-corrected chi connectivity index (χ3v) is 16.0. The van der Waals surface area contributed by atoms with E-state index in [-0.39, 0.29) is 32.0 Å². The number of phosphoric ester groups is 1. The molecule has 0 fully saturated rings. The monoisotopic (exact) mass is 1270 g/mol. The van der Waals surface area contributed by atoms with Gasteiger partial charge in [0.15, 0.2) is 6.10 Å². The molecule has 0 saturated heterocycles. The maximum atomic E-state index is 12.9. The second-order valence-electron chi connectivity index (χ2n) is 24.8. The SMILES string of the molecule is CC/C=C\C/C=C\C/C=C\C/C=C\C/C=C\C/C=C\C/C=C\C/C=C\C/C=C\CCCCCCCCCCCCCC(=O)OC(COC(=O)CCCCCCCCCCCCCCCC/C=C\C/C=C\C/C=C\C/C=C\CC)COP(=O)([O-])OCC[N+](C)(C)C. The van der Waals surface area contributed by atoms with Crippen LogP contribution in [-0.2, 0) is 32.7 Å². The normalized spacial score (nSPS) is 14.1. The first-order valence-corrected chi connectivity index (χ1v) is 37.7. The second-order valence-corrected chi connectivity index (χ2v) is 26.2. The Morgan fingerprint density at radius 1 is 0.344 bits per heavy atom. The average molecular weight is 1270 g/mol. The van der Waals surface area contributed by atoms with Crippen LogP contribution in [0.4, 0.5) is 0 Å². The van der Waals surface area contributed by atoms with Gasteiger partial charge in [-0.1, -0.05) is 307 Å². The summed E-state index contributed by atoms with van der Waals surface area (Å²) in [7, 11) is 1.15. The topological polar surface area (TPSA) is 111 Å². The molecule has 0 bridgehead atoms. The van der Waals surface area contributed by atoms with Crippen molar-refractivity contribution in [3.05, 3.63) is 158 Å². The molecule has 0 spiro atoms. The number of nitrogens with zero attached hydrogens (tertiary/aromatic N) is 1. The van der Waals surface area contributed by atoms with Gasteiger partial charge in [-0.05, 0) is 122 Å². The zero-order valence-corrected chi connectivity index (χ0v) is 59.2. The highest BCUT2D eigenvalue weighted by Gasteiger charge is 2.22. The predicted molar refractivity (Wildman–Crippen MR) is 387 cm³/mol. The van der Waals surface area contributed by atoms with E-state index in [9.17, 15) is 19.0 Å². The van der Waals surface area contributed by atoms with E-state index in [4.69, 9.17) is 18.5 Å². The Labute approximate surface area is 554 Å². The highest BCUT2D eigenvalue weighted by Crippen LogP contribution is 2.38.